The van der Waals surface area contributed by atoms with Crippen molar-refractivity contribution >= 4 is 0 Å². The van der Waals surface area contributed by atoms with E-state index < -0.39 is 0 Å². The Morgan fingerprint density at radius 3 is 2.29 bits per heavy atom. The second-order valence-corrected chi connectivity index (χ2v) is 5.36. The Morgan fingerprint density at radius 2 is 1.82 bits per heavy atom. The molecule has 96 valence electrons. The highest BCUT2D eigenvalue weighted by molar-refractivity contribution is 5.31. The minimum atomic E-state index is -0.109. The van der Waals surface area contributed by atoms with Gasteiger partial charge in [0.15, 0.2) is 0 Å². The molecule has 3 nitrogen and oxygen atoms in total. The van der Waals surface area contributed by atoms with Gasteiger partial charge in [0.2, 0.25) is 0 Å². The van der Waals surface area contributed by atoms with Crippen LogP contribution in [0.1, 0.15) is 32.8 Å². The molecular formula is C14H23NO2. The van der Waals surface area contributed by atoms with E-state index in [0.717, 1.165) is 5.75 Å². The SMILES string of the molecule is CC(C)(C)c1ccc(OCC(N)CCO)cc1. The summed E-state index contributed by atoms with van der Waals surface area (Å²) in [6, 6.07) is 7.97. The van der Waals surface area contributed by atoms with E-state index >= 15 is 0 Å². The van der Waals surface area contributed by atoms with E-state index in [9.17, 15) is 0 Å². The molecule has 0 saturated heterocycles. The number of hydrogen-bond donors (Lipinski definition) is 2. The number of aliphatic hydroxyl groups is 1. The van der Waals surface area contributed by atoms with E-state index in [1.54, 1.807) is 0 Å². The Balaban J connectivity index is 2.51. The first-order valence-corrected chi connectivity index (χ1v) is 6.03. The Kier molecular flexibility index (Phi) is 4.97. The Labute approximate surface area is 104 Å². The van der Waals surface area contributed by atoms with Crippen LogP contribution in [0.2, 0.25) is 0 Å². The highest BCUT2D eigenvalue weighted by Gasteiger charge is 2.13. The second kappa shape index (κ2) is 6.03. The van der Waals surface area contributed by atoms with Crippen molar-refractivity contribution in [2.45, 2.75) is 38.6 Å². The zero-order valence-electron chi connectivity index (χ0n) is 10.9. The lowest BCUT2D eigenvalue weighted by Crippen LogP contribution is -2.28. The number of nitrogens with two attached hydrogens (primary N) is 1. The van der Waals surface area contributed by atoms with E-state index in [1.165, 1.54) is 5.56 Å². The first-order chi connectivity index (χ1) is 7.93. The zero-order valence-corrected chi connectivity index (χ0v) is 10.9. The van der Waals surface area contributed by atoms with Gasteiger partial charge in [-0.25, -0.2) is 0 Å². The van der Waals surface area contributed by atoms with Crippen molar-refractivity contribution in [1.29, 1.82) is 0 Å². The standard InChI is InChI=1S/C14H23NO2/c1-14(2,3)11-4-6-13(7-5-11)17-10-12(15)8-9-16/h4-7,12,16H,8-10,15H2,1-3H3. The average molecular weight is 237 g/mol. The van der Waals surface area contributed by atoms with Gasteiger partial charge < -0.3 is 15.6 Å². The fraction of sp³-hybridized carbons (Fsp3) is 0.571. The molecule has 0 spiro atoms. The van der Waals surface area contributed by atoms with E-state index in [-0.39, 0.29) is 18.1 Å². The summed E-state index contributed by atoms with van der Waals surface area (Å²) < 4.78 is 5.55. The molecule has 0 saturated carbocycles. The summed E-state index contributed by atoms with van der Waals surface area (Å²) in [5.74, 6) is 0.825. The molecule has 3 N–H and O–H groups in total. The molecule has 0 radical (unpaired) electrons. The van der Waals surface area contributed by atoms with Crippen molar-refractivity contribution in [3.63, 3.8) is 0 Å². The van der Waals surface area contributed by atoms with Crippen LogP contribution in [0.5, 0.6) is 5.75 Å². The van der Waals surface area contributed by atoms with Crippen LogP contribution >= 0.6 is 0 Å². The normalized spacial score (nSPS) is 13.5. The molecule has 0 fully saturated rings. The van der Waals surface area contributed by atoms with Gasteiger partial charge >= 0.3 is 0 Å². The molecule has 0 bridgehead atoms. The molecular weight excluding hydrogens is 214 g/mol. The van der Waals surface area contributed by atoms with E-state index in [2.05, 4.69) is 32.9 Å². The van der Waals surface area contributed by atoms with E-state index in [1.807, 2.05) is 12.1 Å². The van der Waals surface area contributed by atoms with Gasteiger partial charge in [0.05, 0.1) is 0 Å². The Bertz CT molecular complexity index is 327. The van der Waals surface area contributed by atoms with Gasteiger partial charge in [0.25, 0.3) is 0 Å². The van der Waals surface area contributed by atoms with E-state index in [0.29, 0.717) is 13.0 Å². The van der Waals surface area contributed by atoms with Crippen LogP contribution in [-0.4, -0.2) is 24.4 Å². The topological polar surface area (TPSA) is 55.5 Å². The summed E-state index contributed by atoms with van der Waals surface area (Å²) >= 11 is 0. The van der Waals surface area contributed by atoms with Crippen LogP contribution in [0.4, 0.5) is 0 Å². The van der Waals surface area contributed by atoms with Gasteiger partial charge in [0.1, 0.15) is 12.4 Å². The van der Waals surface area contributed by atoms with E-state index in [4.69, 9.17) is 15.6 Å². The lowest BCUT2D eigenvalue weighted by molar-refractivity contribution is 0.233. The quantitative estimate of drug-likeness (QED) is 0.824. The highest BCUT2D eigenvalue weighted by Crippen LogP contribution is 2.24. The van der Waals surface area contributed by atoms with Crippen molar-refractivity contribution < 1.29 is 9.84 Å². The highest BCUT2D eigenvalue weighted by atomic mass is 16.5. The molecule has 0 amide bonds. The van der Waals surface area contributed by atoms with Crippen LogP contribution in [-0.2, 0) is 5.41 Å². The average Bonchev–Trinajstić information content (AvgIpc) is 2.26. The molecule has 1 atom stereocenters. The monoisotopic (exact) mass is 237 g/mol. The van der Waals surface area contributed by atoms with Gasteiger partial charge in [-0.2, -0.15) is 0 Å². The molecule has 17 heavy (non-hydrogen) atoms. The maximum Gasteiger partial charge on any atom is 0.119 e. The molecule has 1 aromatic rings. The maximum atomic E-state index is 8.72. The summed E-state index contributed by atoms with van der Waals surface area (Å²) in [6.07, 6.45) is 0.570. The largest absolute Gasteiger partial charge is 0.492 e. The van der Waals surface area contributed by atoms with Crippen LogP contribution in [0.25, 0.3) is 0 Å². The zero-order chi connectivity index (χ0) is 12.9. The fourth-order valence-corrected chi connectivity index (χ4v) is 1.50. The van der Waals surface area contributed by atoms with Crippen molar-refractivity contribution in [3.8, 4) is 5.75 Å². The minimum Gasteiger partial charge on any atom is -0.492 e. The van der Waals surface area contributed by atoms with Crippen LogP contribution in [0.3, 0.4) is 0 Å². The molecule has 0 aliphatic rings. The third kappa shape index (κ3) is 4.75. The van der Waals surface area contributed by atoms with Gasteiger partial charge in [-0.05, 0) is 29.5 Å². The summed E-state index contributed by atoms with van der Waals surface area (Å²) in [7, 11) is 0. The molecule has 1 unspecified atom stereocenters. The Hall–Kier alpha value is -1.06. The lowest BCUT2D eigenvalue weighted by atomic mass is 9.87. The van der Waals surface area contributed by atoms with Crippen LogP contribution in [0.15, 0.2) is 24.3 Å². The van der Waals surface area contributed by atoms with Crippen molar-refractivity contribution in [3.05, 3.63) is 29.8 Å². The number of hydrogen-bond acceptors (Lipinski definition) is 3. The lowest BCUT2D eigenvalue weighted by Gasteiger charge is -2.19. The first-order valence-electron chi connectivity index (χ1n) is 6.03. The minimum absolute atomic E-state index is 0.105. The maximum absolute atomic E-state index is 8.72. The van der Waals surface area contributed by atoms with Crippen LogP contribution in [0, 0.1) is 0 Å². The molecule has 0 heterocycles. The molecule has 0 aromatic heterocycles. The molecule has 1 rings (SSSR count). The summed E-state index contributed by atoms with van der Waals surface area (Å²) in [6.45, 7) is 7.09. The van der Waals surface area contributed by atoms with Gasteiger partial charge in [0, 0.05) is 12.6 Å². The summed E-state index contributed by atoms with van der Waals surface area (Å²) in [5, 5.41) is 8.72. The van der Waals surface area contributed by atoms with Gasteiger partial charge in [-0.15, -0.1) is 0 Å². The van der Waals surface area contributed by atoms with Crippen molar-refractivity contribution in [2.24, 2.45) is 5.73 Å². The van der Waals surface area contributed by atoms with Crippen molar-refractivity contribution in [1.82, 2.24) is 0 Å². The number of aliphatic hydroxyl groups excluding tert-OH is 1. The van der Waals surface area contributed by atoms with Gasteiger partial charge in [-0.1, -0.05) is 32.9 Å². The summed E-state index contributed by atoms with van der Waals surface area (Å²) in [5.41, 5.74) is 7.19. The predicted molar refractivity (Wildman–Crippen MR) is 70.3 cm³/mol. The third-order valence-corrected chi connectivity index (χ3v) is 2.68. The second-order valence-electron chi connectivity index (χ2n) is 5.36. The first kappa shape index (κ1) is 14.0. The van der Waals surface area contributed by atoms with Crippen molar-refractivity contribution in [2.75, 3.05) is 13.2 Å². The molecule has 1 aromatic carbocycles. The number of benzene rings is 1. The molecule has 0 aliphatic carbocycles. The summed E-state index contributed by atoms with van der Waals surface area (Å²) in [4.78, 5) is 0. The third-order valence-electron chi connectivity index (χ3n) is 2.68. The smallest absolute Gasteiger partial charge is 0.119 e. The Morgan fingerprint density at radius 1 is 1.24 bits per heavy atom. The predicted octanol–water partition coefficient (Wildman–Crippen LogP) is 2.07. The van der Waals surface area contributed by atoms with Crippen LogP contribution < -0.4 is 10.5 Å². The number of rotatable bonds is 5. The fourth-order valence-electron chi connectivity index (χ4n) is 1.50. The number of ether oxygens (including phenoxy) is 1. The molecule has 0 aliphatic heterocycles. The van der Waals surface area contributed by atoms with Gasteiger partial charge in [-0.3, -0.25) is 0 Å². The molecule has 3 heteroatoms.